The van der Waals surface area contributed by atoms with Crippen LogP contribution in [-0.2, 0) is 9.53 Å². The Morgan fingerprint density at radius 2 is 2.38 bits per heavy atom. The van der Waals surface area contributed by atoms with Crippen molar-refractivity contribution in [1.82, 2.24) is 9.88 Å². The summed E-state index contributed by atoms with van der Waals surface area (Å²) in [5.41, 5.74) is -0.277. The van der Waals surface area contributed by atoms with E-state index in [2.05, 4.69) is 10.3 Å². The van der Waals surface area contributed by atoms with Gasteiger partial charge in [0.2, 0.25) is 5.91 Å². The van der Waals surface area contributed by atoms with Crippen molar-refractivity contribution in [2.75, 3.05) is 25.0 Å². The zero-order valence-electron chi connectivity index (χ0n) is 13.8. The van der Waals surface area contributed by atoms with Crippen LogP contribution < -0.4 is 5.32 Å². The van der Waals surface area contributed by atoms with Crippen molar-refractivity contribution in [3.05, 3.63) is 24.1 Å². The molecule has 0 radical (unpaired) electrons. The van der Waals surface area contributed by atoms with Crippen LogP contribution in [-0.4, -0.2) is 47.1 Å². The second-order valence-corrected chi connectivity index (χ2v) is 7.44. The minimum Gasteiger partial charge on any atom is -0.371 e. The highest BCUT2D eigenvalue weighted by atomic mass is 19.1. The summed E-state index contributed by atoms with van der Waals surface area (Å²) < 4.78 is 19.9. The molecule has 2 saturated heterocycles. The number of halogens is 1. The molecule has 1 aliphatic carbocycles. The average molecular weight is 333 g/mol. The molecule has 2 aliphatic heterocycles. The number of piperidine rings is 1. The van der Waals surface area contributed by atoms with Crippen molar-refractivity contribution in [1.29, 1.82) is 0 Å². The maximum absolute atomic E-state index is 13.8. The van der Waals surface area contributed by atoms with Crippen LogP contribution in [0.5, 0.6) is 0 Å². The van der Waals surface area contributed by atoms with Crippen molar-refractivity contribution in [3.63, 3.8) is 0 Å². The van der Waals surface area contributed by atoms with E-state index in [1.54, 1.807) is 12.3 Å². The van der Waals surface area contributed by atoms with Crippen LogP contribution in [0.2, 0.25) is 0 Å². The van der Waals surface area contributed by atoms with Gasteiger partial charge in [-0.3, -0.25) is 4.79 Å². The third kappa shape index (κ3) is 3.38. The van der Waals surface area contributed by atoms with E-state index in [9.17, 15) is 9.18 Å². The number of nitrogens with one attached hydrogen (secondary N) is 1. The molecule has 1 aromatic heterocycles. The number of amides is 1. The summed E-state index contributed by atoms with van der Waals surface area (Å²) in [6.07, 6.45) is 7.39. The largest absolute Gasteiger partial charge is 0.371 e. The maximum Gasteiger partial charge on any atom is 0.222 e. The van der Waals surface area contributed by atoms with E-state index < -0.39 is 0 Å². The molecule has 130 valence electrons. The third-order valence-corrected chi connectivity index (χ3v) is 5.36. The first-order valence-corrected chi connectivity index (χ1v) is 8.92. The van der Waals surface area contributed by atoms with Crippen molar-refractivity contribution < 1.29 is 13.9 Å². The Labute approximate surface area is 141 Å². The number of likely N-dealkylation sites (tertiary alicyclic amines) is 1. The summed E-state index contributed by atoms with van der Waals surface area (Å²) in [5, 5.41) is 3.15. The molecule has 0 unspecified atom stereocenters. The Bertz CT molecular complexity index is 622. The van der Waals surface area contributed by atoms with E-state index in [-0.39, 0.29) is 29.2 Å². The van der Waals surface area contributed by atoms with Crippen molar-refractivity contribution in [3.8, 4) is 0 Å². The second-order valence-electron chi connectivity index (χ2n) is 7.44. The molecule has 1 N–H and O–H groups in total. The number of pyridine rings is 1. The zero-order chi connectivity index (χ0) is 16.6. The first kappa shape index (κ1) is 15.8. The molecule has 1 aromatic rings. The molecule has 2 atom stereocenters. The topological polar surface area (TPSA) is 54.5 Å². The van der Waals surface area contributed by atoms with Crippen molar-refractivity contribution in [2.24, 2.45) is 5.92 Å². The SMILES string of the molecule is O=C(CC1CC1)N1CCC[C@@]2(C[C@@H](Nc3ncccc3F)CO2)C1. The summed E-state index contributed by atoms with van der Waals surface area (Å²) in [6, 6.07) is 3.02. The lowest BCUT2D eigenvalue weighted by molar-refractivity contribution is -0.139. The van der Waals surface area contributed by atoms with Crippen LogP contribution in [0.3, 0.4) is 0 Å². The van der Waals surface area contributed by atoms with E-state index in [0.717, 1.165) is 25.8 Å². The Hall–Kier alpha value is -1.69. The Balaban J connectivity index is 1.37. The van der Waals surface area contributed by atoms with Gasteiger partial charge in [0.25, 0.3) is 0 Å². The molecule has 3 fully saturated rings. The summed E-state index contributed by atoms with van der Waals surface area (Å²) in [6.45, 7) is 2.03. The van der Waals surface area contributed by atoms with Gasteiger partial charge in [0.15, 0.2) is 11.6 Å². The summed E-state index contributed by atoms with van der Waals surface area (Å²) in [4.78, 5) is 18.4. The number of rotatable bonds is 4. The predicted molar refractivity (Wildman–Crippen MR) is 88.1 cm³/mol. The lowest BCUT2D eigenvalue weighted by Crippen LogP contribution is -2.50. The highest BCUT2D eigenvalue weighted by Crippen LogP contribution is 2.37. The summed E-state index contributed by atoms with van der Waals surface area (Å²) >= 11 is 0. The summed E-state index contributed by atoms with van der Waals surface area (Å²) in [7, 11) is 0. The number of carbonyl (C=O) groups is 1. The molecule has 3 aliphatic rings. The van der Waals surface area contributed by atoms with Gasteiger partial charge in [0.1, 0.15) is 0 Å². The van der Waals surface area contributed by atoms with Gasteiger partial charge < -0.3 is 15.0 Å². The molecule has 0 bridgehead atoms. The van der Waals surface area contributed by atoms with Crippen LogP contribution in [0.4, 0.5) is 10.2 Å². The first-order chi connectivity index (χ1) is 11.6. The molecule has 1 spiro atoms. The van der Waals surface area contributed by atoms with Gasteiger partial charge in [-0.05, 0) is 43.7 Å². The van der Waals surface area contributed by atoms with Crippen LogP contribution in [0, 0.1) is 11.7 Å². The minimum atomic E-state index is -0.344. The maximum atomic E-state index is 13.8. The smallest absolute Gasteiger partial charge is 0.222 e. The molecule has 1 amide bonds. The number of carbonyl (C=O) groups excluding carboxylic acids is 1. The van der Waals surface area contributed by atoms with Crippen LogP contribution in [0.1, 0.15) is 38.5 Å². The van der Waals surface area contributed by atoms with Gasteiger partial charge in [-0.2, -0.15) is 0 Å². The normalized spacial score (nSPS) is 29.9. The number of nitrogens with zero attached hydrogens (tertiary/aromatic N) is 2. The van der Waals surface area contributed by atoms with Gasteiger partial charge in [-0.25, -0.2) is 9.37 Å². The predicted octanol–water partition coefficient (Wildman–Crippen LogP) is 2.58. The lowest BCUT2D eigenvalue weighted by atomic mass is 9.88. The molecule has 3 heterocycles. The van der Waals surface area contributed by atoms with Crippen molar-refractivity contribution >= 4 is 11.7 Å². The van der Waals surface area contributed by atoms with Gasteiger partial charge in [-0.1, -0.05) is 0 Å². The Kier molecular flexibility index (Phi) is 4.16. The molecule has 1 saturated carbocycles. The molecule has 24 heavy (non-hydrogen) atoms. The average Bonchev–Trinajstić information content (AvgIpc) is 3.31. The molecule has 4 rings (SSSR count). The van der Waals surface area contributed by atoms with E-state index in [1.807, 2.05) is 4.90 Å². The number of anilines is 1. The van der Waals surface area contributed by atoms with Crippen LogP contribution in [0.15, 0.2) is 18.3 Å². The highest BCUT2D eigenvalue weighted by molar-refractivity contribution is 5.77. The van der Waals surface area contributed by atoms with Gasteiger partial charge >= 0.3 is 0 Å². The molecule has 0 aromatic carbocycles. The van der Waals surface area contributed by atoms with E-state index in [4.69, 9.17) is 4.74 Å². The monoisotopic (exact) mass is 333 g/mol. The fraction of sp³-hybridized carbons (Fsp3) is 0.667. The third-order valence-electron chi connectivity index (χ3n) is 5.36. The van der Waals surface area contributed by atoms with E-state index >= 15 is 0 Å². The number of ether oxygens (including phenoxy) is 1. The fourth-order valence-electron chi connectivity index (χ4n) is 3.92. The molecular weight excluding hydrogens is 309 g/mol. The Morgan fingerprint density at radius 3 is 3.17 bits per heavy atom. The standard InChI is InChI=1S/C18H24FN3O2/c19-15-3-1-7-20-17(15)21-14-10-18(24-11-14)6-2-8-22(12-18)16(23)9-13-4-5-13/h1,3,7,13-14H,2,4-6,8-12H2,(H,20,21)/t14-,18-/m1/s1. The van der Waals surface area contributed by atoms with Crippen LogP contribution in [0.25, 0.3) is 0 Å². The second kappa shape index (κ2) is 6.31. The first-order valence-electron chi connectivity index (χ1n) is 8.92. The van der Waals surface area contributed by atoms with E-state index in [1.165, 1.54) is 18.9 Å². The van der Waals surface area contributed by atoms with Gasteiger partial charge in [0, 0.05) is 32.1 Å². The van der Waals surface area contributed by atoms with Gasteiger partial charge in [0.05, 0.1) is 18.2 Å². The number of hydrogen-bond acceptors (Lipinski definition) is 4. The van der Waals surface area contributed by atoms with Crippen molar-refractivity contribution in [2.45, 2.75) is 50.2 Å². The minimum absolute atomic E-state index is 0.0351. The molecular formula is C18H24FN3O2. The lowest BCUT2D eigenvalue weighted by Gasteiger charge is -2.39. The van der Waals surface area contributed by atoms with Gasteiger partial charge in [-0.15, -0.1) is 0 Å². The fourth-order valence-corrected chi connectivity index (χ4v) is 3.92. The zero-order valence-corrected chi connectivity index (χ0v) is 13.8. The number of hydrogen-bond donors (Lipinski definition) is 1. The number of aromatic nitrogens is 1. The van der Waals surface area contributed by atoms with E-state index in [0.29, 0.717) is 25.5 Å². The Morgan fingerprint density at radius 1 is 1.50 bits per heavy atom. The highest BCUT2D eigenvalue weighted by Gasteiger charge is 2.45. The summed E-state index contributed by atoms with van der Waals surface area (Å²) in [5.74, 6) is 0.817. The van der Waals surface area contributed by atoms with Crippen LogP contribution >= 0.6 is 0 Å². The molecule has 5 nitrogen and oxygen atoms in total. The molecule has 6 heteroatoms. The quantitative estimate of drug-likeness (QED) is 0.920.